The summed E-state index contributed by atoms with van der Waals surface area (Å²) in [7, 11) is 1.65. The molecule has 0 unspecified atom stereocenters. The van der Waals surface area contributed by atoms with Gasteiger partial charge in [-0.1, -0.05) is 18.2 Å². The number of hydrogen-bond donors (Lipinski definition) is 1. The highest BCUT2D eigenvalue weighted by atomic mass is 32.2. The van der Waals surface area contributed by atoms with Crippen LogP contribution in [0.2, 0.25) is 0 Å². The van der Waals surface area contributed by atoms with Crippen LogP contribution in [0.25, 0.3) is 0 Å². The molecule has 1 N–H and O–H groups in total. The van der Waals surface area contributed by atoms with Gasteiger partial charge in [-0.25, -0.2) is 4.98 Å². The molecule has 0 bridgehead atoms. The molecule has 4 heteroatoms. The fourth-order valence-corrected chi connectivity index (χ4v) is 2.87. The lowest BCUT2D eigenvalue weighted by molar-refractivity contribution is 0.397. The zero-order valence-electron chi connectivity index (χ0n) is 12.2. The molecule has 21 heavy (non-hydrogen) atoms. The van der Waals surface area contributed by atoms with Crippen molar-refractivity contribution in [3.05, 3.63) is 53.7 Å². The minimum absolute atomic E-state index is 0.676. The number of rotatable bonds is 7. The van der Waals surface area contributed by atoms with E-state index in [4.69, 9.17) is 4.74 Å². The molecular formula is C17H20N2OS. The molecule has 1 fully saturated rings. The predicted octanol–water partition coefficient (Wildman–Crippen LogP) is 3.63. The highest BCUT2D eigenvalue weighted by molar-refractivity contribution is 7.98. The fraction of sp³-hybridized carbons (Fsp3) is 0.353. The van der Waals surface area contributed by atoms with E-state index in [2.05, 4.69) is 34.6 Å². The fourth-order valence-electron chi connectivity index (χ4n) is 2.06. The summed E-state index contributed by atoms with van der Waals surface area (Å²) in [5, 5.41) is 3.53. The number of aromatic nitrogens is 1. The lowest BCUT2D eigenvalue weighted by atomic mass is 10.2. The molecule has 0 saturated heterocycles. The van der Waals surface area contributed by atoms with Gasteiger partial charge in [-0.2, -0.15) is 0 Å². The summed E-state index contributed by atoms with van der Waals surface area (Å²) in [6.45, 7) is 0.979. The first-order valence-corrected chi connectivity index (χ1v) is 8.27. The van der Waals surface area contributed by atoms with E-state index in [9.17, 15) is 0 Å². The molecule has 1 heterocycles. The van der Waals surface area contributed by atoms with Gasteiger partial charge in [-0.15, -0.1) is 11.8 Å². The van der Waals surface area contributed by atoms with E-state index in [0.717, 1.165) is 24.0 Å². The molecule has 3 rings (SSSR count). The van der Waals surface area contributed by atoms with E-state index in [0.29, 0.717) is 5.88 Å². The normalized spacial score (nSPS) is 14.1. The van der Waals surface area contributed by atoms with E-state index >= 15 is 0 Å². The summed E-state index contributed by atoms with van der Waals surface area (Å²) < 4.78 is 5.15. The average molecular weight is 300 g/mol. The molecule has 3 nitrogen and oxygen atoms in total. The molecule has 0 spiro atoms. The summed E-state index contributed by atoms with van der Waals surface area (Å²) >= 11 is 1.80. The van der Waals surface area contributed by atoms with Crippen LogP contribution in [0.5, 0.6) is 5.88 Å². The minimum atomic E-state index is 0.676. The Labute approximate surface area is 130 Å². The van der Waals surface area contributed by atoms with Gasteiger partial charge in [0, 0.05) is 29.3 Å². The minimum Gasteiger partial charge on any atom is -0.481 e. The largest absolute Gasteiger partial charge is 0.481 e. The van der Waals surface area contributed by atoms with Crippen molar-refractivity contribution in [2.24, 2.45) is 0 Å². The standard InChI is InChI=1S/C17H20N2OS/c1-20-17-4-2-3-15(19-17)12-21-16-9-5-13(6-10-16)11-18-14-7-8-14/h2-6,9-10,14,18H,7-8,11-12H2,1H3. The number of methoxy groups -OCH3 is 1. The Hall–Kier alpha value is -1.52. The third kappa shape index (κ3) is 4.48. The van der Waals surface area contributed by atoms with Crippen LogP contribution >= 0.6 is 11.8 Å². The summed E-state index contributed by atoms with van der Waals surface area (Å²) in [6.07, 6.45) is 2.67. The molecule has 0 amide bonds. The summed E-state index contributed by atoms with van der Waals surface area (Å²) in [4.78, 5) is 5.70. The molecule has 0 radical (unpaired) electrons. The number of pyridine rings is 1. The number of nitrogens with zero attached hydrogens (tertiary/aromatic N) is 1. The maximum absolute atomic E-state index is 5.15. The zero-order valence-corrected chi connectivity index (χ0v) is 13.0. The molecule has 1 aromatic heterocycles. The first-order chi connectivity index (χ1) is 10.3. The van der Waals surface area contributed by atoms with Crippen LogP contribution in [-0.4, -0.2) is 18.1 Å². The van der Waals surface area contributed by atoms with E-state index < -0.39 is 0 Å². The topological polar surface area (TPSA) is 34.1 Å². The van der Waals surface area contributed by atoms with Gasteiger partial charge in [0.2, 0.25) is 5.88 Å². The lowest BCUT2D eigenvalue weighted by Crippen LogP contribution is -2.14. The Kier molecular flexibility index (Phi) is 4.78. The second-order valence-electron chi connectivity index (χ2n) is 5.26. The van der Waals surface area contributed by atoms with Crippen LogP contribution in [0.15, 0.2) is 47.4 Å². The van der Waals surface area contributed by atoms with Crippen molar-refractivity contribution < 1.29 is 4.74 Å². The summed E-state index contributed by atoms with van der Waals surface area (Å²) in [5.41, 5.74) is 2.39. The first-order valence-electron chi connectivity index (χ1n) is 7.28. The van der Waals surface area contributed by atoms with Crippen molar-refractivity contribution in [2.45, 2.75) is 36.1 Å². The van der Waals surface area contributed by atoms with Crippen LogP contribution in [-0.2, 0) is 12.3 Å². The van der Waals surface area contributed by atoms with Gasteiger partial charge in [-0.3, -0.25) is 0 Å². The van der Waals surface area contributed by atoms with Crippen LogP contribution in [0, 0.1) is 0 Å². The van der Waals surface area contributed by atoms with Gasteiger partial charge in [0.05, 0.1) is 12.8 Å². The molecule has 1 aromatic carbocycles. The molecule has 2 aromatic rings. The Balaban J connectivity index is 1.52. The molecule has 0 aliphatic heterocycles. The SMILES string of the molecule is COc1cccc(CSc2ccc(CNC3CC3)cc2)n1. The van der Waals surface area contributed by atoms with Crippen molar-refractivity contribution in [3.8, 4) is 5.88 Å². The Morgan fingerprint density at radius 2 is 2.00 bits per heavy atom. The van der Waals surface area contributed by atoms with Crippen LogP contribution in [0.3, 0.4) is 0 Å². The van der Waals surface area contributed by atoms with E-state index in [1.807, 2.05) is 18.2 Å². The second-order valence-corrected chi connectivity index (χ2v) is 6.31. The molecular weight excluding hydrogens is 280 g/mol. The lowest BCUT2D eigenvalue weighted by Gasteiger charge is -2.06. The van der Waals surface area contributed by atoms with Crippen LogP contribution < -0.4 is 10.1 Å². The van der Waals surface area contributed by atoms with Crippen molar-refractivity contribution in [2.75, 3.05) is 7.11 Å². The molecule has 1 saturated carbocycles. The average Bonchev–Trinajstić information content (AvgIpc) is 3.36. The second kappa shape index (κ2) is 6.96. The molecule has 1 aliphatic rings. The van der Waals surface area contributed by atoms with Crippen molar-refractivity contribution >= 4 is 11.8 Å². The third-order valence-electron chi connectivity index (χ3n) is 3.47. The van der Waals surface area contributed by atoms with E-state index in [-0.39, 0.29) is 0 Å². The maximum Gasteiger partial charge on any atom is 0.213 e. The first kappa shape index (κ1) is 14.4. The van der Waals surface area contributed by atoms with Gasteiger partial charge < -0.3 is 10.1 Å². The summed E-state index contributed by atoms with van der Waals surface area (Å²) in [5.74, 6) is 1.53. The van der Waals surface area contributed by atoms with Gasteiger partial charge in [0.25, 0.3) is 0 Å². The van der Waals surface area contributed by atoms with Crippen LogP contribution in [0.1, 0.15) is 24.1 Å². The van der Waals surface area contributed by atoms with Gasteiger partial charge in [0.1, 0.15) is 0 Å². The highest BCUT2D eigenvalue weighted by Gasteiger charge is 2.19. The summed E-state index contributed by atoms with van der Waals surface area (Å²) in [6, 6.07) is 15.4. The van der Waals surface area contributed by atoms with Crippen LogP contribution in [0.4, 0.5) is 0 Å². The monoisotopic (exact) mass is 300 g/mol. The number of nitrogens with one attached hydrogen (secondary N) is 1. The van der Waals surface area contributed by atoms with Crippen molar-refractivity contribution in [1.82, 2.24) is 10.3 Å². The van der Waals surface area contributed by atoms with Crippen molar-refractivity contribution in [3.63, 3.8) is 0 Å². The maximum atomic E-state index is 5.15. The quantitative estimate of drug-likeness (QED) is 0.792. The Morgan fingerprint density at radius 3 is 2.71 bits per heavy atom. The van der Waals surface area contributed by atoms with Gasteiger partial charge in [0.15, 0.2) is 0 Å². The number of hydrogen-bond acceptors (Lipinski definition) is 4. The predicted molar refractivity (Wildman–Crippen MR) is 86.7 cm³/mol. The number of benzene rings is 1. The molecule has 0 atom stereocenters. The zero-order chi connectivity index (χ0) is 14.5. The number of thioether (sulfide) groups is 1. The van der Waals surface area contributed by atoms with E-state index in [1.54, 1.807) is 18.9 Å². The van der Waals surface area contributed by atoms with Crippen molar-refractivity contribution in [1.29, 1.82) is 0 Å². The van der Waals surface area contributed by atoms with Gasteiger partial charge in [-0.05, 0) is 36.6 Å². The Bertz CT molecular complexity index is 582. The van der Waals surface area contributed by atoms with E-state index in [1.165, 1.54) is 23.3 Å². The third-order valence-corrected chi connectivity index (χ3v) is 4.52. The smallest absolute Gasteiger partial charge is 0.213 e. The molecule has 1 aliphatic carbocycles. The Morgan fingerprint density at radius 1 is 1.19 bits per heavy atom. The number of ether oxygens (including phenoxy) is 1. The molecule has 110 valence electrons. The highest BCUT2D eigenvalue weighted by Crippen LogP contribution is 2.24. The van der Waals surface area contributed by atoms with Gasteiger partial charge >= 0.3 is 0 Å².